The molecule has 0 aromatic heterocycles. The molecule has 0 spiro atoms. The molecule has 0 heterocycles. The van der Waals surface area contributed by atoms with Gasteiger partial charge in [-0.05, 0) is 6.42 Å². The number of methoxy groups -OCH3 is 1. The number of ether oxygens (including phenoxy) is 1. The molecule has 52 valence electrons. The monoisotopic (exact) mass is 212 g/mol. The molecule has 0 aromatic carbocycles. The van der Waals surface area contributed by atoms with E-state index in [0.717, 1.165) is 0 Å². The van der Waals surface area contributed by atoms with Crippen molar-refractivity contribution in [2.24, 2.45) is 5.92 Å². The maximum atomic E-state index is 10.7. The summed E-state index contributed by atoms with van der Waals surface area (Å²) in [5, 5.41) is 0. The van der Waals surface area contributed by atoms with Crippen molar-refractivity contribution in [1.82, 2.24) is 0 Å². The van der Waals surface area contributed by atoms with E-state index >= 15 is 0 Å². The molecule has 1 rings (SSSR count). The van der Waals surface area contributed by atoms with Crippen LogP contribution in [0, 0.1) is 5.92 Å². The van der Waals surface area contributed by atoms with Crippen molar-refractivity contribution in [2.45, 2.75) is 10.2 Å². The maximum absolute atomic E-state index is 10.7. The van der Waals surface area contributed by atoms with Crippen molar-refractivity contribution in [2.75, 3.05) is 7.11 Å². The van der Waals surface area contributed by atoms with Crippen molar-refractivity contribution in [1.29, 1.82) is 0 Å². The quantitative estimate of drug-likeness (QED) is 0.487. The molecule has 4 heteroatoms. The molecule has 0 amide bonds. The lowest BCUT2D eigenvalue weighted by molar-refractivity contribution is -0.142. The van der Waals surface area contributed by atoms with Crippen LogP contribution in [-0.4, -0.2) is 16.9 Å². The van der Waals surface area contributed by atoms with Gasteiger partial charge in [-0.15, -0.1) is 11.6 Å². The van der Waals surface area contributed by atoms with E-state index in [1.165, 1.54) is 7.11 Å². The summed E-state index contributed by atoms with van der Waals surface area (Å²) in [5.41, 5.74) is 0. The van der Waals surface area contributed by atoms with E-state index < -0.39 is 3.78 Å². The van der Waals surface area contributed by atoms with Crippen LogP contribution in [0.5, 0.6) is 0 Å². The lowest BCUT2D eigenvalue weighted by Gasteiger charge is -1.95. The first-order valence-electron chi connectivity index (χ1n) is 2.53. The molecule has 1 aliphatic rings. The summed E-state index contributed by atoms with van der Waals surface area (Å²) >= 11 is 8.86. The topological polar surface area (TPSA) is 26.3 Å². The Labute approximate surface area is 66.6 Å². The molecule has 0 N–H and O–H groups in total. The Balaban J connectivity index is 2.42. The number of hydrogen-bond acceptors (Lipinski definition) is 2. The van der Waals surface area contributed by atoms with Crippen LogP contribution in [0.2, 0.25) is 0 Å². The number of halogens is 2. The number of alkyl halides is 2. The minimum absolute atomic E-state index is 0.149. The Kier molecular flexibility index (Phi) is 1.74. The van der Waals surface area contributed by atoms with Crippen LogP contribution in [0.25, 0.3) is 0 Å². The second-order valence-electron chi connectivity index (χ2n) is 2.04. The summed E-state index contributed by atoms with van der Waals surface area (Å²) in [7, 11) is 1.36. The molecule has 9 heavy (non-hydrogen) atoms. The van der Waals surface area contributed by atoms with Gasteiger partial charge in [0.1, 0.15) is 3.78 Å². The van der Waals surface area contributed by atoms with Crippen LogP contribution in [0.15, 0.2) is 0 Å². The predicted octanol–water partition coefficient (Wildman–Crippen LogP) is 1.51. The van der Waals surface area contributed by atoms with Gasteiger partial charge in [0, 0.05) is 0 Å². The molecule has 1 aliphatic carbocycles. The van der Waals surface area contributed by atoms with Crippen LogP contribution in [-0.2, 0) is 9.53 Å². The molecule has 1 saturated carbocycles. The minimum atomic E-state index is -0.500. The Morgan fingerprint density at radius 1 is 2.00 bits per heavy atom. The molecule has 1 unspecified atom stereocenters. The molecule has 2 nitrogen and oxygen atoms in total. The summed E-state index contributed by atoms with van der Waals surface area (Å²) in [4.78, 5) is 10.7. The van der Waals surface area contributed by atoms with Gasteiger partial charge in [-0.2, -0.15) is 0 Å². The molecule has 0 saturated heterocycles. The largest absolute Gasteiger partial charge is 0.469 e. The van der Waals surface area contributed by atoms with Crippen molar-refractivity contribution >= 4 is 33.5 Å². The van der Waals surface area contributed by atoms with Crippen molar-refractivity contribution < 1.29 is 9.53 Å². The average Bonchev–Trinajstić information content (AvgIpc) is 2.38. The van der Waals surface area contributed by atoms with Gasteiger partial charge in [-0.3, -0.25) is 4.79 Å². The highest BCUT2D eigenvalue weighted by Gasteiger charge is 2.56. The summed E-state index contributed by atoms with van der Waals surface area (Å²) in [6.07, 6.45) is 0.668. The molecule has 0 aliphatic heterocycles. The first-order valence-corrected chi connectivity index (χ1v) is 3.70. The van der Waals surface area contributed by atoms with Crippen LogP contribution in [0.4, 0.5) is 0 Å². The van der Waals surface area contributed by atoms with E-state index in [-0.39, 0.29) is 11.9 Å². The van der Waals surface area contributed by atoms with Crippen molar-refractivity contribution in [3.63, 3.8) is 0 Å². The third-order valence-electron chi connectivity index (χ3n) is 1.31. The predicted molar refractivity (Wildman–Crippen MR) is 37.6 cm³/mol. The highest BCUT2D eigenvalue weighted by Crippen LogP contribution is 2.55. The highest BCUT2D eigenvalue weighted by molar-refractivity contribution is 9.10. The molecule has 1 fully saturated rings. The lowest BCUT2D eigenvalue weighted by atomic mass is 10.4. The fourth-order valence-corrected chi connectivity index (χ4v) is 1.37. The Hall–Kier alpha value is 0.240. The molecule has 0 radical (unpaired) electrons. The SMILES string of the molecule is COC(=O)[C@H]1CC1(Cl)Br. The van der Waals surface area contributed by atoms with Crippen LogP contribution >= 0.6 is 27.5 Å². The first kappa shape index (κ1) is 7.35. The number of carbonyl (C=O) groups excluding carboxylic acids is 1. The van der Waals surface area contributed by atoms with Crippen LogP contribution in [0.1, 0.15) is 6.42 Å². The third-order valence-corrected chi connectivity index (χ3v) is 2.61. The number of hydrogen-bond donors (Lipinski definition) is 0. The van der Waals surface area contributed by atoms with E-state index in [4.69, 9.17) is 11.6 Å². The fourth-order valence-electron chi connectivity index (χ4n) is 0.611. The van der Waals surface area contributed by atoms with Gasteiger partial charge in [0.25, 0.3) is 0 Å². The zero-order chi connectivity index (χ0) is 7.07. The first-order chi connectivity index (χ1) is 4.08. The smallest absolute Gasteiger partial charge is 0.311 e. The third kappa shape index (κ3) is 1.38. The van der Waals surface area contributed by atoms with Gasteiger partial charge in [0.2, 0.25) is 0 Å². The second kappa shape index (κ2) is 2.13. The van der Waals surface area contributed by atoms with Gasteiger partial charge in [0.05, 0.1) is 13.0 Å². The van der Waals surface area contributed by atoms with Gasteiger partial charge in [-0.1, -0.05) is 15.9 Å². The van der Waals surface area contributed by atoms with Crippen LogP contribution < -0.4 is 0 Å². The van der Waals surface area contributed by atoms with E-state index in [1.807, 2.05) is 0 Å². The average molecular weight is 213 g/mol. The zero-order valence-corrected chi connectivity index (χ0v) is 7.20. The Morgan fingerprint density at radius 3 is 2.56 bits per heavy atom. The van der Waals surface area contributed by atoms with Crippen molar-refractivity contribution in [3.8, 4) is 0 Å². The molecular weight excluding hydrogens is 207 g/mol. The van der Waals surface area contributed by atoms with Gasteiger partial charge < -0.3 is 4.74 Å². The molecule has 2 atom stereocenters. The highest BCUT2D eigenvalue weighted by atomic mass is 79.9. The summed E-state index contributed by atoms with van der Waals surface area (Å²) in [6, 6.07) is 0. The van der Waals surface area contributed by atoms with Gasteiger partial charge in [0.15, 0.2) is 0 Å². The summed E-state index contributed by atoms with van der Waals surface area (Å²) in [6.45, 7) is 0. The zero-order valence-electron chi connectivity index (χ0n) is 4.86. The van der Waals surface area contributed by atoms with E-state index in [9.17, 15) is 4.79 Å². The number of esters is 1. The Bertz CT molecular complexity index is 146. The number of carbonyl (C=O) groups is 1. The van der Waals surface area contributed by atoms with E-state index in [1.54, 1.807) is 0 Å². The van der Waals surface area contributed by atoms with E-state index in [2.05, 4.69) is 20.7 Å². The maximum Gasteiger partial charge on any atom is 0.311 e. The normalized spacial score (nSPS) is 40.1. The minimum Gasteiger partial charge on any atom is -0.469 e. The second-order valence-corrected chi connectivity index (χ2v) is 4.59. The summed E-state index contributed by atoms with van der Waals surface area (Å²) in [5.74, 6) is -0.383. The molecular formula is C5H6BrClO2. The molecule has 0 aromatic rings. The standard InChI is InChI=1S/C5H6BrClO2/c1-9-4(8)3-2-5(3,6)7/h3H,2H2,1H3/t3-,5?/m1/s1. The van der Waals surface area contributed by atoms with Crippen LogP contribution in [0.3, 0.4) is 0 Å². The molecule has 0 bridgehead atoms. The van der Waals surface area contributed by atoms with Gasteiger partial charge >= 0.3 is 5.97 Å². The van der Waals surface area contributed by atoms with Crippen molar-refractivity contribution in [3.05, 3.63) is 0 Å². The number of rotatable bonds is 1. The summed E-state index contributed by atoms with van der Waals surface area (Å²) < 4.78 is 3.96. The fraction of sp³-hybridized carbons (Fsp3) is 0.800. The Morgan fingerprint density at radius 2 is 2.44 bits per heavy atom. The van der Waals surface area contributed by atoms with E-state index in [0.29, 0.717) is 6.42 Å². The van der Waals surface area contributed by atoms with Gasteiger partial charge in [-0.25, -0.2) is 0 Å². The lowest BCUT2D eigenvalue weighted by Crippen LogP contribution is -2.07.